The molecule has 3 aromatic rings. The minimum absolute atomic E-state index is 0.0372. The van der Waals surface area contributed by atoms with Crippen LogP contribution in [0.5, 0.6) is 0 Å². The van der Waals surface area contributed by atoms with Gasteiger partial charge in [-0.1, -0.05) is 49.6 Å². The van der Waals surface area contributed by atoms with Crippen molar-refractivity contribution in [3.05, 3.63) is 77.2 Å². The van der Waals surface area contributed by atoms with Crippen molar-refractivity contribution in [1.82, 2.24) is 14.8 Å². The maximum absolute atomic E-state index is 13.3. The molecule has 0 radical (unpaired) electrons. The average molecular weight is 445 g/mol. The lowest BCUT2D eigenvalue weighted by atomic mass is 9.93. The molecule has 2 aliphatic rings. The van der Waals surface area contributed by atoms with Crippen LogP contribution >= 0.6 is 0 Å². The third-order valence-electron chi connectivity index (χ3n) is 6.46. The monoisotopic (exact) mass is 445 g/mol. The number of imide groups is 2. The Morgan fingerprint density at radius 3 is 2.45 bits per heavy atom. The lowest BCUT2D eigenvalue weighted by Gasteiger charge is -2.35. The molecule has 2 heterocycles. The van der Waals surface area contributed by atoms with E-state index in [4.69, 9.17) is 0 Å². The Bertz CT molecular complexity index is 1270. The molecule has 1 aliphatic carbocycles. The zero-order valence-electron chi connectivity index (χ0n) is 18.1. The number of barbiturate groups is 1. The van der Waals surface area contributed by atoms with Crippen LogP contribution in [0, 0.1) is 5.82 Å². The van der Waals surface area contributed by atoms with E-state index in [1.807, 2.05) is 35.0 Å². The Labute approximate surface area is 190 Å². The van der Waals surface area contributed by atoms with Crippen molar-refractivity contribution >= 4 is 34.8 Å². The summed E-state index contributed by atoms with van der Waals surface area (Å²) in [4.78, 5) is 39.6. The number of halogens is 1. The smallest absolute Gasteiger partial charge is 0.331 e. The highest BCUT2D eigenvalue weighted by atomic mass is 19.1. The second-order valence-electron chi connectivity index (χ2n) is 8.64. The lowest BCUT2D eigenvalue weighted by molar-refractivity contribution is -0.132. The van der Waals surface area contributed by atoms with Gasteiger partial charge in [-0.25, -0.2) is 9.18 Å². The summed E-state index contributed by atoms with van der Waals surface area (Å²) in [6.45, 7) is 0.511. The van der Waals surface area contributed by atoms with Crippen molar-refractivity contribution in [2.24, 2.45) is 0 Å². The first-order chi connectivity index (χ1) is 16.0. The van der Waals surface area contributed by atoms with Crippen molar-refractivity contribution in [2.75, 3.05) is 0 Å². The largest absolute Gasteiger partial charge is 0.342 e. The Kier molecular flexibility index (Phi) is 5.54. The van der Waals surface area contributed by atoms with Crippen LogP contribution in [0.2, 0.25) is 0 Å². The summed E-state index contributed by atoms with van der Waals surface area (Å²) in [6.07, 6.45) is 7.99. The van der Waals surface area contributed by atoms with Gasteiger partial charge in [-0.2, -0.15) is 0 Å². The molecule has 4 amide bonds. The summed E-state index contributed by atoms with van der Waals surface area (Å²) in [6, 6.07) is 13.2. The molecular weight excluding hydrogens is 421 g/mol. The van der Waals surface area contributed by atoms with Gasteiger partial charge in [-0.3, -0.25) is 19.8 Å². The van der Waals surface area contributed by atoms with E-state index in [-0.39, 0.29) is 17.4 Å². The van der Waals surface area contributed by atoms with Crippen LogP contribution in [-0.4, -0.2) is 33.4 Å². The number of hydrogen-bond acceptors (Lipinski definition) is 3. The first-order valence-electron chi connectivity index (χ1n) is 11.2. The molecule has 168 valence electrons. The van der Waals surface area contributed by atoms with Gasteiger partial charge in [0.25, 0.3) is 11.8 Å². The number of aromatic nitrogens is 1. The van der Waals surface area contributed by atoms with E-state index in [0.29, 0.717) is 12.1 Å². The van der Waals surface area contributed by atoms with Crippen LogP contribution < -0.4 is 5.32 Å². The summed E-state index contributed by atoms with van der Waals surface area (Å²) in [7, 11) is 0. The number of para-hydroxylation sites is 1. The third kappa shape index (κ3) is 4.06. The Morgan fingerprint density at radius 2 is 1.70 bits per heavy atom. The fourth-order valence-electron chi connectivity index (χ4n) is 4.80. The van der Waals surface area contributed by atoms with Crippen molar-refractivity contribution in [3.8, 4) is 0 Å². The van der Waals surface area contributed by atoms with Crippen molar-refractivity contribution < 1.29 is 18.8 Å². The number of carbonyl (C=O) groups is 3. The quantitative estimate of drug-likeness (QED) is 0.470. The molecule has 2 aromatic carbocycles. The topological polar surface area (TPSA) is 71.4 Å². The van der Waals surface area contributed by atoms with E-state index >= 15 is 0 Å². The predicted molar refractivity (Wildman–Crippen MR) is 123 cm³/mol. The lowest BCUT2D eigenvalue weighted by Crippen LogP contribution is -2.58. The summed E-state index contributed by atoms with van der Waals surface area (Å²) >= 11 is 0. The standard InChI is InChI=1S/C26H24FN3O3/c27-19-12-10-17(11-13-19)15-29-16-18(21-8-4-5-9-23(21)29)14-22-24(31)28-26(33)30(25(22)32)20-6-2-1-3-7-20/h4-5,8-14,16,20H,1-3,6-7,15H2,(H,28,31,33)/b22-14+. The highest BCUT2D eigenvalue weighted by molar-refractivity contribution is 6.31. The van der Waals surface area contributed by atoms with Crippen molar-refractivity contribution in [3.63, 3.8) is 0 Å². The summed E-state index contributed by atoms with van der Waals surface area (Å²) < 4.78 is 15.3. The first kappa shape index (κ1) is 21.1. The van der Waals surface area contributed by atoms with Crippen LogP contribution in [0.4, 0.5) is 9.18 Å². The number of carbonyl (C=O) groups excluding carboxylic acids is 3. The highest BCUT2D eigenvalue weighted by Crippen LogP contribution is 2.29. The molecule has 0 spiro atoms. The van der Waals surface area contributed by atoms with Gasteiger partial charge in [0.05, 0.1) is 0 Å². The van der Waals surface area contributed by atoms with E-state index in [2.05, 4.69) is 5.32 Å². The second-order valence-corrected chi connectivity index (χ2v) is 8.64. The number of rotatable bonds is 4. The molecule has 2 fully saturated rings. The highest BCUT2D eigenvalue weighted by Gasteiger charge is 2.40. The molecule has 1 N–H and O–H groups in total. The number of benzene rings is 2. The fraction of sp³-hybridized carbons (Fsp3) is 0.269. The molecule has 1 saturated carbocycles. The first-order valence-corrected chi connectivity index (χ1v) is 11.2. The number of amides is 4. The molecule has 5 rings (SSSR count). The molecule has 1 aromatic heterocycles. The van der Waals surface area contributed by atoms with Crippen molar-refractivity contribution in [1.29, 1.82) is 0 Å². The van der Waals surface area contributed by atoms with E-state index in [9.17, 15) is 18.8 Å². The van der Waals surface area contributed by atoms with E-state index < -0.39 is 17.8 Å². The number of fused-ring (bicyclic) bond motifs is 1. The van der Waals surface area contributed by atoms with Gasteiger partial charge >= 0.3 is 6.03 Å². The van der Waals surface area contributed by atoms with Crippen LogP contribution in [0.15, 0.2) is 60.3 Å². The zero-order valence-corrected chi connectivity index (χ0v) is 18.1. The predicted octanol–water partition coefficient (Wildman–Crippen LogP) is 4.62. The fourth-order valence-corrected chi connectivity index (χ4v) is 4.80. The van der Waals surface area contributed by atoms with Gasteiger partial charge < -0.3 is 4.57 Å². The van der Waals surface area contributed by atoms with Gasteiger partial charge in [0.1, 0.15) is 11.4 Å². The summed E-state index contributed by atoms with van der Waals surface area (Å²) in [5, 5.41) is 3.23. The minimum atomic E-state index is -0.674. The SMILES string of the molecule is O=C1NC(=O)N(C2CCCCC2)C(=O)/C1=C/c1cn(Cc2ccc(F)cc2)c2ccccc12. The van der Waals surface area contributed by atoms with Gasteiger partial charge in [0, 0.05) is 35.2 Å². The van der Waals surface area contributed by atoms with E-state index in [0.717, 1.165) is 48.6 Å². The number of nitrogens with one attached hydrogen (secondary N) is 1. The van der Waals surface area contributed by atoms with Crippen LogP contribution in [0.3, 0.4) is 0 Å². The molecular formula is C26H24FN3O3. The van der Waals surface area contributed by atoms with Crippen LogP contribution in [0.25, 0.3) is 17.0 Å². The Balaban J connectivity index is 1.52. The average Bonchev–Trinajstić information content (AvgIpc) is 3.16. The molecule has 33 heavy (non-hydrogen) atoms. The normalized spacial score (nSPS) is 18.9. The molecule has 1 saturated heterocycles. The maximum Gasteiger partial charge on any atom is 0.331 e. The van der Waals surface area contributed by atoms with Crippen LogP contribution in [-0.2, 0) is 16.1 Å². The molecule has 0 atom stereocenters. The van der Waals surface area contributed by atoms with Gasteiger partial charge in [-0.15, -0.1) is 0 Å². The maximum atomic E-state index is 13.3. The second kappa shape index (κ2) is 8.65. The number of urea groups is 1. The molecule has 7 heteroatoms. The van der Waals surface area contributed by atoms with Gasteiger partial charge in [0.15, 0.2) is 0 Å². The molecule has 0 bridgehead atoms. The third-order valence-corrected chi connectivity index (χ3v) is 6.46. The van der Waals surface area contributed by atoms with Crippen LogP contribution in [0.1, 0.15) is 43.2 Å². The number of hydrogen-bond donors (Lipinski definition) is 1. The summed E-state index contributed by atoms with van der Waals surface area (Å²) in [5.41, 5.74) is 2.53. The van der Waals surface area contributed by atoms with Gasteiger partial charge in [0.2, 0.25) is 0 Å². The number of nitrogens with zero attached hydrogens (tertiary/aromatic N) is 2. The molecule has 6 nitrogen and oxygen atoms in total. The van der Waals surface area contributed by atoms with E-state index in [1.54, 1.807) is 18.2 Å². The van der Waals surface area contributed by atoms with E-state index in [1.165, 1.54) is 17.0 Å². The molecule has 1 aliphatic heterocycles. The van der Waals surface area contributed by atoms with Gasteiger partial charge in [-0.05, 0) is 42.7 Å². The Hall–Kier alpha value is -3.74. The molecule has 0 unspecified atom stereocenters. The van der Waals surface area contributed by atoms with Crippen molar-refractivity contribution in [2.45, 2.75) is 44.7 Å². The zero-order chi connectivity index (χ0) is 22.9. The Morgan fingerprint density at radius 1 is 0.970 bits per heavy atom. The summed E-state index contributed by atoms with van der Waals surface area (Å²) in [5.74, 6) is -1.50. The minimum Gasteiger partial charge on any atom is -0.342 e.